The number of hydrogen-bond donors (Lipinski definition) is 1. The summed E-state index contributed by atoms with van der Waals surface area (Å²) >= 11 is 0. The highest BCUT2D eigenvalue weighted by molar-refractivity contribution is 6.22. The number of anilines is 1. The molecule has 0 aliphatic carbocycles. The molecule has 1 atom stereocenters. The van der Waals surface area contributed by atoms with Crippen LogP contribution in [-0.2, 0) is 4.79 Å². The Labute approximate surface area is 181 Å². The van der Waals surface area contributed by atoms with E-state index in [1.54, 1.807) is 44.6 Å². The van der Waals surface area contributed by atoms with Crippen molar-refractivity contribution in [3.05, 3.63) is 64.5 Å². The van der Waals surface area contributed by atoms with Crippen molar-refractivity contribution in [3.63, 3.8) is 0 Å². The predicted molar refractivity (Wildman–Crippen MR) is 122 cm³/mol. The molecule has 0 saturated heterocycles. The van der Waals surface area contributed by atoms with Gasteiger partial charge in [-0.3, -0.25) is 29.3 Å². The lowest BCUT2D eigenvalue weighted by molar-refractivity contribution is -0.117. The molecule has 1 aromatic carbocycles. The van der Waals surface area contributed by atoms with Crippen LogP contribution in [0.1, 0.15) is 63.7 Å². The van der Waals surface area contributed by atoms with Crippen molar-refractivity contribution in [1.29, 1.82) is 0 Å². The van der Waals surface area contributed by atoms with Crippen molar-refractivity contribution in [2.75, 3.05) is 19.4 Å². The third-order valence-corrected chi connectivity index (χ3v) is 5.25. The summed E-state index contributed by atoms with van der Waals surface area (Å²) in [7, 11) is 3.16. The third kappa shape index (κ3) is 4.30. The van der Waals surface area contributed by atoms with Gasteiger partial charge in [0.15, 0.2) is 0 Å². The van der Waals surface area contributed by atoms with Crippen LogP contribution in [0.5, 0.6) is 0 Å². The highest BCUT2D eigenvalue weighted by atomic mass is 16.2. The molecule has 160 valence electrons. The Bertz CT molecular complexity index is 1100. The number of carbonyl (C=O) groups excluding carboxylic acids is 3. The molecule has 1 unspecified atom stereocenters. The van der Waals surface area contributed by atoms with E-state index in [4.69, 9.17) is 0 Å². The average molecular weight is 418 g/mol. The lowest BCUT2D eigenvalue weighted by Gasteiger charge is -2.16. The van der Waals surface area contributed by atoms with Crippen LogP contribution >= 0.6 is 0 Å². The molecular formula is C24H26N4O3. The van der Waals surface area contributed by atoms with Crippen LogP contribution in [0.3, 0.4) is 0 Å². The molecule has 2 aromatic rings. The second kappa shape index (κ2) is 9.04. The van der Waals surface area contributed by atoms with E-state index in [0.29, 0.717) is 22.4 Å². The summed E-state index contributed by atoms with van der Waals surface area (Å²) in [6.45, 7) is 5.60. The number of allylic oxidation sites excluding steroid dienone is 2. The Balaban J connectivity index is 1.84. The van der Waals surface area contributed by atoms with Gasteiger partial charge in [-0.15, -0.1) is 0 Å². The monoisotopic (exact) mass is 418 g/mol. The van der Waals surface area contributed by atoms with E-state index in [1.165, 1.54) is 7.05 Å². The zero-order chi connectivity index (χ0) is 22.7. The molecule has 31 heavy (non-hydrogen) atoms. The van der Waals surface area contributed by atoms with E-state index >= 15 is 0 Å². The summed E-state index contributed by atoms with van der Waals surface area (Å²) in [4.78, 5) is 47.4. The summed E-state index contributed by atoms with van der Waals surface area (Å²) in [6, 6.07) is 7.09. The first-order chi connectivity index (χ1) is 14.8. The van der Waals surface area contributed by atoms with E-state index in [-0.39, 0.29) is 17.7 Å². The Kier molecular flexibility index (Phi) is 6.44. The highest BCUT2D eigenvalue weighted by Gasteiger charge is 2.37. The number of pyridine rings is 1. The average Bonchev–Trinajstić information content (AvgIpc) is 2.97. The molecule has 1 aliphatic heterocycles. The largest absolute Gasteiger partial charge is 0.324 e. The minimum Gasteiger partial charge on any atom is -0.324 e. The van der Waals surface area contributed by atoms with Crippen molar-refractivity contribution in [3.8, 4) is 0 Å². The summed E-state index contributed by atoms with van der Waals surface area (Å²) in [5, 5.41) is 2.85. The number of nitrogens with zero attached hydrogens (tertiary/aromatic N) is 3. The number of benzene rings is 1. The Morgan fingerprint density at radius 3 is 2.61 bits per heavy atom. The van der Waals surface area contributed by atoms with Crippen molar-refractivity contribution >= 4 is 35.2 Å². The predicted octanol–water partition coefficient (Wildman–Crippen LogP) is 3.85. The molecule has 0 radical (unpaired) electrons. The van der Waals surface area contributed by atoms with Crippen LogP contribution in [0.25, 0.3) is 5.57 Å². The fourth-order valence-corrected chi connectivity index (χ4v) is 3.62. The van der Waals surface area contributed by atoms with Gasteiger partial charge in [0.1, 0.15) is 0 Å². The lowest BCUT2D eigenvalue weighted by Crippen LogP contribution is -2.25. The number of rotatable bonds is 6. The first-order valence-corrected chi connectivity index (χ1v) is 10.1. The normalized spacial score (nSPS) is 14.9. The summed E-state index contributed by atoms with van der Waals surface area (Å²) < 4.78 is 0. The van der Waals surface area contributed by atoms with E-state index < -0.39 is 5.92 Å². The molecule has 2 heterocycles. The topological polar surface area (TPSA) is 91.7 Å². The number of fused-ring (bicyclic) bond motifs is 1. The second-order valence-corrected chi connectivity index (χ2v) is 7.54. The molecule has 0 saturated carbocycles. The smallest absolute Gasteiger partial charge is 0.261 e. The minimum atomic E-state index is -0.626. The Hall–Kier alpha value is -3.61. The number of aliphatic imine (C=N–C) groups is 1. The third-order valence-electron chi connectivity index (χ3n) is 5.25. The minimum absolute atomic E-state index is 0.281. The molecule has 0 fully saturated rings. The van der Waals surface area contributed by atoms with Gasteiger partial charge in [0.2, 0.25) is 5.91 Å². The quantitative estimate of drug-likeness (QED) is 0.570. The van der Waals surface area contributed by atoms with Gasteiger partial charge in [-0.2, -0.15) is 0 Å². The van der Waals surface area contributed by atoms with Crippen molar-refractivity contribution in [1.82, 2.24) is 9.88 Å². The first kappa shape index (κ1) is 22.1. The molecule has 1 N–H and O–H groups in total. The summed E-state index contributed by atoms with van der Waals surface area (Å²) in [5.41, 5.74) is 4.26. The number of imide groups is 1. The Morgan fingerprint density at radius 1 is 1.26 bits per heavy atom. The van der Waals surface area contributed by atoms with Gasteiger partial charge in [-0.1, -0.05) is 19.1 Å². The number of amides is 3. The van der Waals surface area contributed by atoms with E-state index in [2.05, 4.69) is 15.3 Å². The van der Waals surface area contributed by atoms with Gasteiger partial charge in [0, 0.05) is 25.9 Å². The van der Waals surface area contributed by atoms with Gasteiger partial charge in [-0.25, -0.2) is 0 Å². The molecule has 7 heteroatoms. The highest BCUT2D eigenvalue weighted by Crippen LogP contribution is 2.32. The van der Waals surface area contributed by atoms with Crippen molar-refractivity contribution in [2.45, 2.75) is 33.1 Å². The van der Waals surface area contributed by atoms with E-state index in [9.17, 15) is 14.4 Å². The molecule has 0 spiro atoms. The fourth-order valence-electron chi connectivity index (χ4n) is 3.62. The number of nitrogens with one attached hydrogen (secondary N) is 1. The zero-order valence-electron chi connectivity index (χ0n) is 18.4. The summed E-state index contributed by atoms with van der Waals surface area (Å²) in [5.74, 6) is -1.63. The molecule has 3 rings (SSSR count). The van der Waals surface area contributed by atoms with Gasteiger partial charge in [0.25, 0.3) is 11.8 Å². The molecule has 0 bridgehead atoms. The molecule has 1 aliphatic rings. The van der Waals surface area contributed by atoms with Crippen LogP contribution in [0.15, 0.2) is 41.5 Å². The first-order valence-electron chi connectivity index (χ1n) is 10.1. The Morgan fingerprint density at radius 2 is 2.00 bits per heavy atom. The SMILES string of the molecule is CC/C=C(\C=NC)c1ccc(NC(=O)C(C)c2cc(C)cc3c2C(=O)N(C)C3=O)cn1. The number of aromatic nitrogens is 1. The van der Waals surface area contributed by atoms with Gasteiger partial charge >= 0.3 is 0 Å². The molecular weight excluding hydrogens is 392 g/mol. The van der Waals surface area contributed by atoms with E-state index in [0.717, 1.165) is 28.2 Å². The molecule has 1 aromatic heterocycles. The lowest BCUT2D eigenvalue weighted by atomic mass is 9.90. The van der Waals surface area contributed by atoms with Crippen LogP contribution in [-0.4, -0.2) is 47.9 Å². The second-order valence-electron chi connectivity index (χ2n) is 7.54. The maximum Gasteiger partial charge on any atom is 0.261 e. The fraction of sp³-hybridized carbons (Fsp3) is 0.292. The van der Waals surface area contributed by atoms with Crippen LogP contribution in [0.4, 0.5) is 5.69 Å². The maximum atomic E-state index is 12.9. The zero-order valence-corrected chi connectivity index (χ0v) is 18.4. The number of carbonyl (C=O) groups is 3. The number of hydrogen-bond acceptors (Lipinski definition) is 5. The number of aryl methyl sites for hydroxylation is 1. The standard InChI is InChI=1S/C24H26N4O3/c1-6-7-16(12-25-4)20-9-8-17(13-26-20)27-22(29)15(3)18-10-14(2)11-19-21(18)24(31)28(5)23(19)30/h7-13,15H,6H2,1-5H3,(H,27,29)/b16-7+,25-12?. The van der Waals surface area contributed by atoms with Crippen molar-refractivity contribution < 1.29 is 14.4 Å². The maximum absolute atomic E-state index is 12.9. The summed E-state index contributed by atoms with van der Waals surface area (Å²) in [6.07, 6.45) is 6.23. The van der Waals surface area contributed by atoms with Crippen LogP contribution in [0, 0.1) is 6.92 Å². The van der Waals surface area contributed by atoms with Gasteiger partial charge < -0.3 is 5.32 Å². The van der Waals surface area contributed by atoms with E-state index in [1.807, 2.05) is 26.0 Å². The van der Waals surface area contributed by atoms with Crippen LogP contribution < -0.4 is 5.32 Å². The van der Waals surface area contributed by atoms with Gasteiger partial charge in [-0.05, 0) is 49.6 Å². The van der Waals surface area contributed by atoms with Gasteiger partial charge in [0.05, 0.1) is 34.6 Å². The van der Waals surface area contributed by atoms with Crippen molar-refractivity contribution in [2.24, 2.45) is 4.99 Å². The van der Waals surface area contributed by atoms with Crippen LogP contribution in [0.2, 0.25) is 0 Å². The molecule has 7 nitrogen and oxygen atoms in total. The molecule has 3 amide bonds.